The van der Waals surface area contributed by atoms with Gasteiger partial charge in [0.2, 0.25) is 0 Å². The third kappa shape index (κ3) is 4.56. The second-order valence-corrected chi connectivity index (χ2v) is 7.22. The number of benzene rings is 4. The first-order valence-electron chi connectivity index (χ1n) is 9.76. The molecule has 0 spiro atoms. The van der Waals surface area contributed by atoms with E-state index in [0.29, 0.717) is 0 Å². The summed E-state index contributed by atoms with van der Waals surface area (Å²) in [5.74, 6) is 0.840. The second-order valence-electron chi connectivity index (χ2n) is 6.82. The smallest absolute Gasteiger partial charge is 0.119 e. The normalized spacial score (nSPS) is 10.9. The molecule has 0 aliphatic rings. The van der Waals surface area contributed by atoms with Crippen molar-refractivity contribution < 1.29 is 4.74 Å². The van der Waals surface area contributed by atoms with Crippen molar-refractivity contribution >= 4 is 40.8 Å². The van der Waals surface area contributed by atoms with Gasteiger partial charge in [0.05, 0.1) is 7.11 Å². The molecular weight excluding hydrogens is 390 g/mol. The van der Waals surface area contributed by atoms with Gasteiger partial charge in [-0.1, -0.05) is 72.3 Å². The fourth-order valence-corrected chi connectivity index (χ4v) is 3.49. The molecular formula is C27H22ClNO. The molecule has 3 heteroatoms. The highest BCUT2D eigenvalue weighted by molar-refractivity contribution is 6.32. The summed E-state index contributed by atoms with van der Waals surface area (Å²) in [5, 5.41) is 0.750. The number of hydrogen-bond donors (Lipinski definition) is 0. The topological polar surface area (TPSA) is 12.5 Å². The number of rotatable bonds is 6. The van der Waals surface area contributed by atoms with E-state index in [0.717, 1.165) is 39.0 Å². The van der Waals surface area contributed by atoms with Crippen LogP contribution in [0.15, 0.2) is 103 Å². The predicted octanol–water partition coefficient (Wildman–Crippen LogP) is 7.99. The Hall–Kier alpha value is -3.49. The van der Waals surface area contributed by atoms with Gasteiger partial charge in [0.25, 0.3) is 0 Å². The maximum atomic E-state index is 6.25. The fourth-order valence-electron chi connectivity index (χ4n) is 3.29. The number of halogens is 1. The lowest BCUT2D eigenvalue weighted by molar-refractivity contribution is 0.415. The third-order valence-electron chi connectivity index (χ3n) is 4.86. The van der Waals surface area contributed by atoms with Crippen molar-refractivity contribution in [3.63, 3.8) is 0 Å². The van der Waals surface area contributed by atoms with Gasteiger partial charge < -0.3 is 9.64 Å². The molecule has 148 valence electrons. The van der Waals surface area contributed by atoms with E-state index in [1.54, 1.807) is 7.11 Å². The fraction of sp³-hybridized carbons (Fsp3) is 0.0370. The van der Waals surface area contributed by atoms with Crippen molar-refractivity contribution in [2.24, 2.45) is 0 Å². The second kappa shape index (κ2) is 9.34. The molecule has 0 radical (unpaired) electrons. The van der Waals surface area contributed by atoms with E-state index in [1.165, 1.54) is 0 Å². The quantitative estimate of drug-likeness (QED) is 0.298. The van der Waals surface area contributed by atoms with Gasteiger partial charge in [-0.15, -0.1) is 0 Å². The molecule has 0 aliphatic heterocycles. The predicted molar refractivity (Wildman–Crippen MR) is 128 cm³/mol. The van der Waals surface area contributed by atoms with Gasteiger partial charge in [0.1, 0.15) is 5.75 Å². The third-order valence-corrected chi connectivity index (χ3v) is 5.20. The number of para-hydroxylation sites is 1. The number of hydrogen-bond acceptors (Lipinski definition) is 2. The molecule has 0 aromatic heterocycles. The van der Waals surface area contributed by atoms with Crippen molar-refractivity contribution in [1.82, 2.24) is 0 Å². The summed E-state index contributed by atoms with van der Waals surface area (Å²) in [7, 11) is 1.68. The Balaban J connectivity index is 1.65. The van der Waals surface area contributed by atoms with E-state index in [1.807, 2.05) is 60.7 Å². The maximum Gasteiger partial charge on any atom is 0.119 e. The zero-order chi connectivity index (χ0) is 20.8. The van der Waals surface area contributed by atoms with Gasteiger partial charge in [-0.25, -0.2) is 0 Å². The molecule has 4 rings (SSSR count). The minimum atomic E-state index is 0.750. The standard InChI is InChI=1S/C27H22ClNO/c1-30-26-19-17-25(18-20-26)29(23-8-3-2-4-9-23)24-15-12-21(13-16-24)11-14-22-7-5-6-10-27(22)28/h2-20H,1H3. The first kappa shape index (κ1) is 19.8. The van der Waals surface area contributed by atoms with Crippen LogP contribution in [0.2, 0.25) is 5.02 Å². The summed E-state index contributed by atoms with van der Waals surface area (Å²) < 4.78 is 5.31. The maximum absolute atomic E-state index is 6.25. The monoisotopic (exact) mass is 411 g/mol. The SMILES string of the molecule is COc1ccc(N(c2ccccc2)c2ccc(C=Cc3ccccc3Cl)cc2)cc1. The van der Waals surface area contributed by atoms with Crippen LogP contribution in [0.25, 0.3) is 12.2 Å². The molecule has 30 heavy (non-hydrogen) atoms. The first-order valence-corrected chi connectivity index (χ1v) is 10.1. The lowest BCUT2D eigenvalue weighted by atomic mass is 10.1. The molecule has 4 aromatic carbocycles. The molecule has 0 saturated heterocycles. The van der Waals surface area contributed by atoms with Crippen LogP contribution in [-0.2, 0) is 0 Å². The number of ether oxygens (including phenoxy) is 1. The Bertz CT molecular complexity index is 1120. The summed E-state index contributed by atoms with van der Waals surface area (Å²) >= 11 is 6.25. The molecule has 0 fully saturated rings. The zero-order valence-electron chi connectivity index (χ0n) is 16.7. The van der Waals surface area contributed by atoms with Gasteiger partial charge in [-0.05, 0) is 65.7 Å². The van der Waals surface area contributed by atoms with E-state index < -0.39 is 0 Å². The van der Waals surface area contributed by atoms with Crippen LogP contribution in [0.5, 0.6) is 5.75 Å². The van der Waals surface area contributed by atoms with Crippen molar-refractivity contribution in [3.8, 4) is 5.75 Å². The Labute approximate surface area is 182 Å². The van der Waals surface area contributed by atoms with Gasteiger partial charge in [0, 0.05) is 22.1 Å². The lowest BCUT2D eigenvalue weighted by Gasteiger charge is -2.25. The Morgan fingerprint density at radius 3 is 1.83 bits per heavy atom. The van der Waals surface area contributed by atoms with Crippen molar-refractivity contribution in [2.75, 3.05) is 12.0 Å². The van der Waals surface area contributed by atoms with Gasteiger partial charge in [-0.3, -0.25) is 0 Å². The molecule has 0 aliphatic carbocycles. The molecule has 0 heterocycles. The van der Waals surface area contributed by atoms with Gasteiger partial charge in [0.15, 0.2) is 0 Å². The van der Waals surface area contributed by atoms with Crippen molar-refractivity contribution in [1.29, 1.82) is 0 Å². The molecule has 0 bridgehead atoms. The molecule has 0 saturated carbocycles. The molecule has 4 aromatic rings. The summed E-state index contributed by atoms with van der Waals surface area (Å²) in [6.45, 7) is 0. The molecule has 0 amide bonds. The van der Waals surface area contributed by atoms with E-state index in [4.69, 9.17) is 16.3 Å². The highest BCUT2D eigenvalue weighted by atomic mass is 35.5. The van der Waals surface area contributed by atoms with Crippen LogP contribution in [-0.4, -0.2) is 7.11 Å². The summed E-state index contributed by atoms with van der Waals surface area (Å²) in [4.78, 5) is 2.22. The molecule has 0 atom stereocenters. The van der Waals surface area contributed by atoms with Crippen LogP contribution in [0.4, 0.5) is 17.1 Å². The van der Waals surface area contributed by atoms with Crippen LogP contribution < -0.4 is 9.64 Å². The molecule has 0 unspecified atom stereocenters. The van der Waals surface area contributed by atoms with Crippen molar-refractivity contribution in [3.05, 3.63) is 119 Å². The highest BCUT2D eigenvalue weighted by Crippen LogP contribution is 2.35. The largest absolute Gasteiger partial charge is 0.497 e. The van der Waals surface area contributed by atoms with Gasteiger partial charge in [-0.2, -0.15) is 0 Å². The minimum absolute atomic E-state index is 0.750. The summed E-state index contributed by atoms with van der Waals surface area (Å²) in [5.41, 5.74) is 5.37. The lowest BCUT2D eigenvalue weighted by Crippen LogP contribution is -2.09. The van der Waals surface area contributed by atoms with Crippen LogP contribution in [0.3, 0.4) is 0 Å². The van der Waals surface area contributed by atoms with Crippen molar-refractivity contribution in [2.45, 2.75) is 0 Å². The molecule has 0 N–H and O–H groups in total. The van der Waals surface area contributed by atoms with E-state index >= 15 is 0 Å². The minimum Gasteiger partial charge on any atom is -0.497 e. The van der Waals surface area contributed by atoms with Crippen LogP contribution in [0.1, 0.15) is 11.1 Å². The van der Waals surface area contributed by atoms with Gasteiger partial charge >= 0.3 is 0 Å². The van der Waals surface area contributed by atoms with E-state index in [-0.39, 0.29) is 0 Å². The molecule has 2 nitrogen and oxygen atoms in total. The highest BCUT2D eigenvalue weighted by Gasteiger charge is 2.12. The Kier molecular flexibility index (Phi) is 6.17. The average Bonchev–Trinajstić information content (AvgIpc) is 2.81. The average molecular weight is 412 g/mol. The van der Waals surface area contributed by atoms with Crippen LogP contribution in [0, 0.1) is 0 Å². The number of methoxy groups -OCH3 is 1. The summed E-state index contributed by atoms with van der Waals surface area (Å²) in [6, 6.07) is 34.7. The first-order chi connectivity index (χ1) is 14.7. The number of nitrogens with zero attached hydrogens (tertiary/aromatic N) is 1. The van der Waals surface area contributed by atoms with E-state index in [2.05, 4.69) is 59.5 Å². The summed E-state index contributed by atoms with van der Waals surface area (Å²) in [6.07, 6.45) is 4.11. The van der Waals surface area contributed by atoms with Crippen LogP contribution >= 0.6 is 11.6 Å². The van der Waals surface area contributed by atoms with E-state index in [9.17, 15) is 0 Å². The zero-order valence-corrected chi connectivity index (χ0v) is 17.5. The Morgan fingerprint density at radius 1 is 0.633 bits per heavy atom. The number of anilines is 3. The Morgan fingerprint density at radius 2 is 1.20 bits per heavy atom.